The van der Waals surface area contributed by atoms with Crippen molar-refractivity contribution in [3.63, 3.8) is 0 Å². The van der Waals surface area contributed by atoms with Crippen molar-refractivity contribution >= 4 is 45.2 Å². The average molecular weight is 365 g/mol. The molecular formula is C17H24N4OS2. The van der Waals surface area contributed by atoms with Gasteiger partial charge < -0.3 is 15.1 Å². The van der Waals surface area contributed by atoms with Crippen LogP contribution in [0.5, 0.6) is 0 Å². The van der Waals surface area contributed by atoms with E-state index in [2.05, 4.69) is 39.2 Å². The van der Waals surface area contributed by atoms with Crippen molar-refractivity contribution in [3.8, 4) is 0 Å². The highest BCUT2D eigenvalue weighted by Crippen LogP contribution is 2.23. The van der Waals surface area contributed by atoms with E-state index in [9.17, 15) is 4.79 Å². The topological polar surface area (TPSA) is 47.9 Å². The fraction of sp³-hybridized carbons (Fsp3) is 0.529. The number of piperazine rings is 1. The van der Waals surface area contributed by atoms with Gasteiger partial charge in [-0.3, -0.25) is 9.79 Å². The Morgan fingerprint density at radius 3 is 2.62 bits per heavy atom. The third-order valence-electron chi connectivity index (χ3n) is 4.22. The Labute approximate surface area is 152 Å². The number of aliphatic imine (C=N–C) groups is 1. The van der Waals surface area contributed by atoms with Crippen LogP contribution in [0, 0.1) is 0 Å². The molecule has 2 aliphatic rings. The lowest BCUT2D eigenvalue weighted by Crippen LogP contribution is -2.46. The highest BCUT2D eigenvalue weighted by molar-refractivity contribution is 8.39. The van der Waals surface area contributed by atoms with E-state index in [1.54, 1.807) is 11.8 Å². The lowest BCUT2D eigenvalue weighted by Gasteiger charge is -2.35. The van der Waals surface area contributed by atoms with Gasteiger partial charge in [-0.05, 0) is 30.8 Å². The lowest BCUT2D eigenvalue weighted by molar-refractivity contribution is -0.113. The van der Waals surface area contributed by atoms with Crippen molar-refractivity contribution in [2.24, 2.45) is 4.99 Å². The SMILES string of the molecule is CCN1CCN(c2ccc(NC(=O)CSC3=NCCS3)cc2)CC1. The summed E-state index contributed by atoms with van der Waals surface area (Å²) in [6.07, 6.45) is 0. The normalized spacial score (nSPS) is 18.5. The van der Waals surface area contributed by atoms with Gasteiger partial charge in [-0.25, -0.2) is 0 Å². The summed E-state index contributed by atoms with van der Waals surface area (Å²) in [4.78, 5) is 21.2. The first-order chi connectivity index (χ1) is 11.7. The van der Waals surface area contributed by atoms with E-state index in [1.807, 2.05) is 12.1 Å². The van der Waals surface area contributed by atoms with Gasteiger partial charge in [-0.15, -0.1) is 0 Å². The Balaban J connectivity index is 1.46. The van der Waals surface area contributed by atoms with Crippen molar-refractivity contribution in [1.82, 2.24) is 4.90 Å². The molecule has 0 atom stereocenters. The minimum atomic E-state index is 0.0273. The lowest BCUT2D eigenvalue weighted by atomic mass is 10.2. The van der Waals surface area contributed by atoms with E-state index in [1.165, 1.54) is 17.4 Å². The van der Waals surface area contributed by atoms with Crippen LogP contribution in [-0.2, 0) is 4.79 Å². The van der Waals surface area contributed by atoms with E-state index in [4.69, 9.17) is 0 Å². The van der Waals surface area contributed by atoms with Crippen LogP contribution in [0.2, 0.25) is 0 Å². The Morgan fingerprint density at radius 1 is 1.25 bits per heavy atom. The molecule has 0 radical (unpaired) electrons. The smallest absolute Gasteiger partial charge is 0.234 e. The van der Waals surface area contributed by atoms with Crippen molar-refractivity contribution in [1.29, 1.82) is 0 Å². The molecule has 2 aliphatic heterocycles. The third-order valence-corrected chi connectivity index (χ3v) is 6.47. The van der Waals surface area contributed by atoms with Crippen LogP contribution in [0.15, 0.2) is 29.3 Å². The fourth-order valence-electron chi connectivity index (χ4n) is 2.81. The Hall–Kier alpha value is -1.18. The van der Waals surface area contributed by atoms with E-state index in [0.717, 1.165) is 55.1 Å². The molecule has 0 aliphatic carbocycles. The van der Waals surface area contributed by atoms with Crippen LogP contribution < -0.4 is 10.2 Å². The maximum atomic E-state index is 12.0. The number of nitrogens with zero attached hydrogens (tertiary/aromatic N) is 3. The number of hydrogen-bond donors (Lipinski definition) is 1. The van der Waals surface area contributed by atoms with Crippen molar-refractivity contribution in [3.05, 3.63) is 24.3 Å². The molecule has 3 rings (SSSR count). The first-order valence-corrected chi connectivity index (χ1v) is 10.4. The number of benzene rings is 1. The number of amides is 1. The summed E-state index contributed by atoms with van der Waals surface area (Å²) >= 11 is 3.26. The average Bonchev–Trinajstić information content (AvgIpc) is 3.14. The molecule has 1 saturated heterocycles. The Bertz CT molecular complexity index is 583. The van der Waals surface area contributed by atoms with Crippen LogP contribution >= 0.6 is 23.5 Å². The van der Waals surface area contributed by atoms with E-state index in [-0.39, 0.29) is 5.91 Å². The van der Waals surface area contributed by atoms with Gasteiger partial charge in [0.2, 0.25) is 5.91 Å². The molecule has 1 fully saturated rings. The number of thioether (sulfide) groups is 2. The zero-order valence-corrected chi connectivity index (χ0v) is 15.7. The minimum Gasteiger partial charge on any atom is -0.369 e. The summed E-state index contributed by atoms with van der Waals surface area (Å²) < 4.78 is 1.03. The van der Waals surface area contributed by atoms with Gasteiger partial charge in [0, 0.05) is 43.3 Å². The molecule has 0 saturated carbocycles. The summed E-state index contributed by atoms with van der Waals surface area (Å²) in [6, 6.07) is 8.18. The zero-order valence-electron chi connectivity index (χ0n) is 14.0. The predicted molar refractivity (Wildman–Crippen MR) is 107 cm³/mol. The van der Waals surface area contributed by atoms with Crippen LogP contribution in [0.1, 0.15) is 6.92 Å². The molecule has 130 valence electrons. The predicted octanol–water partition coefficient (Wildman–Crippen LogP) is 2.60. The van der Waals surface area contributed by atoms with Crippen LogP contribution in [0.4, 0.5) is 11.4 Å². The number of carbonyl (C=O) groups is 1. The molecule has 1 N–H and O–H groups in total. The summed E-state index contributed by atoms with van der Waals surface area (Å²) in [5, 5.41) is 2.96. The van der Waals surface area contributed by atoms with Crippen LogP contribution in [-0.4, -0.2) is 66.0 Å². The summed E-state index contributed by atoms with van der Waals surface area (Å²) in [7, 11) is 0. The summed E-state index contributed by atoms with van der Waals surface area (Å²) in [6.45, 7) is 8.59. The van der Waals surface area contributed by atoms with Crippen molar-refractivity contribution < 1.29 is 4.79 Å². The van der Waals surface area contributed by atoms with E-state index >= 15 is 0 Å². The molecule has 0 bridgehead atoms. The standard InChI is InChI=1S/C17H24N4OS2/c1-2-20-8-10-21(11-9-20)15-5-3-14(4-6-15)19-16(22)13-24-17-18-7-12-23-17/h3-6H,2,7-13H2,1H3,(H,19,22). The minimum absolute atomic E-state index is 0.0273. The number of nitrogens with one attached hydrogen (secondary N) is 1. The second kappa shape index (κ2) is 8.78. The molecule has 0 spiro atoms. The molecule has 0 aromatic heterocycles. The van der Waals surface area contributed by atoms with Gasteiger partial charge in [0.05, 0.1) is 12.3 Å². The number of hydrogen-bond acceptors (Lipinski definition) is 6. The van der Waals surface area contributed by atoms with Gasteiger partial charge in [0.15, 0.2) is 0 Å². The van der Waals surface area contributed by atoms with E-state index in [0.29, 0.717) is 5.75 Å². The molecule has 1 aromatic rings. The monoisotopic (exact) mass is 364 g/mol. The largest absolute Gasteiger partial charge is 0.369 e. The van der Waals surface area contributed by atoms with Crippen molar-refractivity contribution in [2.45, 2.75) is 6.92 Å². The Morgan fingerprint density at radius 2 is 2.00 bits per heavy atom. The molecule has 0 unspecified atom stereocenters. The Kier molecular flexibility index (Phi) is 6.45. The van der Waals surface area contributed by atoms with Crippen LogP contribution in [0.25, 0.3) is 0 Å². The van der Waals surface area contributed by atoms with Gasteiger partial charge in [-0.2, -0.15) is 0 Å². The molecule has 24 heavy (non-hydrogen) atoms. The van der Waals surface area contributed by atoms with E-state index < -0.39 is 0 Å². The third kappa shape index (κ3) is 4.91. The van der Waals surface area contributed by atoms with Crippen molar-refractivity contribution in [2.75, 3.05) is 61.0 Å². The first-order valence-electron chi connectivity index (χ1n) is 8.42. The molecule has 1 aromatic carbocycles. The molecule has 5 nitrogen and oxygen atoms in total. The van der Waals surface area contributed by atoms with Crippen LogP contribution in [0.3, 0.4) is 0 Å². The number of rotatable bonds is 5. The number of likely N-dealkylation sites (N-methyl/N-ethyl adjacent to an activating group) is 1. The molecule has 7 heteroatoms. The van der Waals surface area contributed by atoms with Gasteiger partial charge in [0.1, 0.15) is 4.38 Å². The quantitative estimate of drug-likeness (QED) is 0.870. The molecule has 2 heterocycles. The zero-order chi connectivity index (χ0) is 16.8. The maximum Gasteiger partial charge on any atom is 0.234 e. The molecule has 1 amide bonds. The van der Waals surface area contributed by atoms with Gasteiger partial charge in [-0.1, -0.05) is 30.4 Å². The second-order valence-corrected chi connectivity index (χ2v) is 8.11. The summed E-state index contributed by atoms with van der Waals surface area (Å²) in [5.74, 6) is 1.49. The molecular weight excluding hydrogens is 340 g/mol. The highest BCUT2D eigenvalue weighted by atomic mass is 32.2. The van der Waals surface area contributed by atoms with Gasteiger partial charge >= 0.3 is 0 Å². The fourth-order valence-corrected chi connectivity index (χ4v) is 4.61. The highest BCUT2D eigenvalue weighted by Gasteiger charge is 2.16. The number of anilines is 2. The van der Waals surface area contributed by atoms with Gasteiger partial charge in [0.25, 0.3) is 0 Å². The second-order valence-electron chi connectivity index (χ2n) is 5.80. The first kappa shape index (κ1) is 17.6. The summed E-state index contributed by atoms with van der Waals surface area (Å²) in [5.41, 5.74) is 2.09. The number of carbonyl (C=O) groups excluding carboxylic acids is 1. The maximum absolute atomic E-state index is 12.0.